The number of nitrogens with one attached hydrogen (secondary N) is 1. The number of carboxylic acid groups (broad SMARTS) is 1. The number of hydrogen-bond acceptors (Lipinski definition) is 2. The van der Waals surface area contributed by atoms with Crippen molar-refractivity contribution < 1.29 is 18.7 Å². The van der Waals surface area contributed by atoms with Crippen molar-refractivity contribution in [2.24, 2.45) is 0 Å². The molecule has 0 aromatic heterocycles. The normalized spacial score (nSPS) is 12.0. The summed E-state index contributed by atoms with van der Waals surface area (Å²) in [6.45, 7) is 3.35. The van der Waals surface area contributed by atoms with E-state index in [4.69, 9.17) is 5.11 Å². The standard InChI is InChI=1S/C16H15F2NO2/c1-9-11(16(20)21)5-4-8-14(9)19-10(2)12-6-3-7-13(17)15(12)18/h3-8,10,19H,1-2H3,(H,20,21). The maximum absolute atomic E-state index is 13.8. The van der Waals surface area contributed by atoms with Gasteiger partial charge in [-0.05, 0) is 37.6 Å². The summed E-state index contributed by atoms with van der Waals surface area (Å²) in [4.78, 5) is 11.1. The van der Waals surface area contributed by atoms with Crippen LogP contribution >= 0.6 is 0 Å². The van der Waals surface area contributed by atoms with E-state index in [0.717, 1.165) is 6.07 Å². The van der Waals surface area contributed by atoms with E-state index in [1.54, 1.807) is 26.0 Å². The van der Waals surface area contributed by atoms with Crippen molar-refractivity contribution in [2.45, 2.75) is 19.9 Å². The molecule has 2 rings (SSSR count). The fourth-order valence-corrected chi connectivity index (χ4v) is 2.19. The number of hydrogen-bond donors (Lipinski definition) is 2. The molecule has 5 heteroatoms. The average molecular weight is 291 g/mol. The van der Waals surface area contributed by atoms with Crippen LogP contribution in [0.1, 0.15) is 34.5 Å². The molecule has 0 amide bonds. The van der Waals surface area contributed by atoms with Gasteiger partial charge in [0.1, 0.15) is 0 Å². The Morgan fingerprint density at radius 1 is 1.19 bits per heavy atom. The molecule has 0 aliphatic rings. The van der Waals surface area contributed by atoms with Gasteiger partial charge in [0.25, 0.3) is 0 Å². The summed E-state index contributed by atoms with van der Waals surface area (Å²) >= 11 is 0. The van der Waals surface area contributed by atoms with Gasteiger partial charge in [0.05, 0.1) is 11.6 Å². The molecule has 0 heterocycles. The zero-order valence-corrected chi connectivity index (χ0v) is 11.7. The smallest absolute Gasteiger partial charge is 0.336 e. The number of carbonyl (C=O) groups is 1. The van der Waals surface area contributed by atoms with E-state index < -0.39 is 23.6 Å². The van der Waals surface area contributed by atoms with Crippen molar-refractivity contribution in [1.82, 2.24) is 0 Å². The second-order valence-electron chi connectivity index (χ2n) is 4.79. The highest BCUT2D eigenvalue weighted by molar-refractivity contribution is 5.91. The molecule has 0 aliphatic carbocycles. The largest absolute Gasteiger partial charge is 0.478 e. The van der Waals surface area contributed by atoms with E-state index in [9.17, 15) is 13.6 Å². The lowest BCUT2D eigenvalue weighted by Gasteiger charge is -2.19. The summed E-state index contributed by atoms with van der Waals surface area (Å²) in [6.07, 6.45) is 0. The highest BCUT2D eigenvalue weighted by atomic mass is 19.2. The first-order valence-corrected chi connectivity index (χ1v) is 6.45. The van der Waals surface area contributed by atoms with Crippen LogP contribution in [0.2, 0.25) is 0 Å². The van der Waals surface area contributed by atoms with E-state index >= 15 is 0 Å². The Hall–Kier alpha value is -2.43. The first-order chi connectivity index (χ1) is 9.91. The van der Waals surface area contributed by atoms with E-state index in [2.05, 4.69) is 5.32 Å². The van der Waals surface area contributed by atoms with Gasteiger partial charge in [-0.1, -0.05) is 18.2 Å². The first-order valence-electron chi connectivity index (χ1n) is 6.45. The molecular weight excluding hydrogens is 276 g/mol. The second kappa shape index (κ2) is 5.91. The van der Waals surface area contributed by atoms with Crippen molar-refractivity contribution in [3.63, 3.8) is 0 Å². The highest BCUT2D eigenvalue weighted by Crippen LogP contribution is 2.26. The van der Waals surface area contributed by atoms with Gasteiger partial charge in [0.15, 0.2) is 11.6 Å². The molecular formula is C16H15F2NO2. The Labute approximate surface area is 121 Å². The zero-order valence-electron chi connectivity index (χ0n) is 11.7. The molecule has 0 bridgehead atoms. The number of halogens is 2. The number of rotatable bonds is 4. The second-order valence-corrected chi connectivity index (χ2v) is 4.79. The van der Waals surface area contributed by atoms with Crippen LogP contribution in [-0.2, 0) is 0 Å². The minimum Gasteiger partial charge on any atom is -0.478 e. The van der Waals surface area contributed by atoms with Gasteiger partial charge in [0.2, 0.25) is 0 Å². The predicted molar refractivity (Wildman–Crippen MR) is 76.5 cm³/mol. The van der Waals surface area contributed by atoms with Crippen molar-refractivity contribution in [1.29, 1.82) is 0 Å². The number of carboxylic acids is 1. The third kappa shape index (κ3) is 3.02. The van der Waals surface area contributed by atoms with Crippen LogP contribution in [0, 0.1) is 18.6 Å². The molecule has 2 aromatic rings. The topological polar surface area (TPSA) is 49.3 Å². The molecule has 0 spiro atoms. The Morgan fingerprint density at radius 2 is 1.86 bits per heavy atom. The minimum atomic E-state index is -1.03. The SMILES string of the molecule is Cc1c(NC(C)c2cccc(F)c2F)cccc1C(=O)O. The average Bonchev–Trinajstić information content (AvgIpc) is 2.43. The van der Waals surface area contributed by atoms with Crippen molar-refractivity contribution in [3.05, 3.63) is 64.7 Å². The van der Waals surface area contributed by atoms with Crippen molar-refractivity contribution in [3.8, 4) is 0 Å². The lowest BCUT2D eigenvalue weighted by atomic mass is 10.0. The number of benzene rings is 2. The lowest BCUT2D eigenvalue weighted by Crippen LogP contribution is -2.12. The van der Waals surface area contributed by atoms with Gasteiger partial charge in [0, 0.05) is 11.3 Å². The fraction of sp³-hybridized carbons (Fsp3) is 0.188. The van der Waals surface area contributed by atoms with E-state index in [1.807, 2.05) is 0 Å². The predicted octanol–water partition coefficient (Wildman–Crippen LogP) is 4.14. The monoisotopic (exact) mass is 291 g/mol. The first kappa shape index (κ1) is 15.0. The summed E-state index contributed by atoms with van der Waals surface area (Å²) in [5.74, 6) is -2.83. The fourth-order valence-electron chi connectivity index (χ4n) is 2.19. The summed E-state index contributed by atoms with van der Waals surface area (Å²) in [6, 6.07) is 8.29. The quantitative estimate of drug-likeness (QED) is 0.890. The summed E-state index contributed by atoms with van der Waals surface area (Å²) in [7, 11) is 0. The maximum atomic E-state index is 13.8. The highest BCUT2D eigenvalue weighted by Gasteiger charge is 2.16. The number of aromatic carboxylic acids is 1. The van der Waals surface area contributed by atoms with Gasteiger partial charge in [-0.25, -0.2) is 13.6 Å². The van der Waals surface area contributed by atoms with Crippen molar-refractivity contribution >= 4 is 11.7 Å². The van der Waals surface area contributed by atoms with Crippen LogP contribution in [0.15, 0.2) is 36.4 Å². The van der Waals surface area contributed by atoms with Gasteiger partial charge < -0.3 is 10.4 Å². The molecule has 1 unspecified atom stereocenters. The Balaban J connectivity index is 2.32. The Kier molecular flexibility index (Phi) is 4.21. The maximum Gasteiger partial charge on any atom is 0.336 e. The third-order valence-corrected chi connectivity index (χ3v) is 3.38. The van der Waals surface area contributed by atoms with Crippen LogP contribution < -0.4 is 5.32 Å². The van der Waals surface area contributed by atoms with E-state index in [-0.39, 0.29) is 11.1 Å². The summed E-state index contributed by atoms with van der Waals surface area (Å²) in [5.41, 5.74) is 1.49. The zero-order chi connectivity index (χ0) is 15.6. The third-order valence-electron chi connectivity index (χ3n) is 3.38. The van der Waals surface area contributed by atoms with Crippen LogP contribution in [0.5, 0.6) is 0 Å². The molecule has 2 N–H and O–H groups in total. The molecule has 110 valence electrons. The minimum absolute atomic E-state index is 0.173. The van der Waals surface area contributed by atoms with Gasteiger partial charge >= 0.3 is 5.97 Å². The van der Waals surface area contributed by atoms with Gasteiger partial charge in [-0.3, -0.25) is 0 Å². The molecule has 0 saturated carbocycles. The molecule has 1 atom stereocenters. The summed E-state index contributed by atoms with van der Waals surface area (Å²) in [5, 5.41) is 12.1. The Bertz CT molecular complexity index is 686. The van der Waals surface area contributed by atoms with Crippen LogP contribution in [0.25, 0.3) is 0 Å². The van der Waals surface area contributed by atoms with Crippen LogP contribution in [0.4, 0.5) is 14.5 Å². The molecule has 21 heavy (non-hydrogen) atoms. The van der Waals surface area contributed by atoms with E-state index in [0.29, 0.717) is 11.3 Å². The number of anilines is 1. The van der Waals surface area contributed by atoms with Crippen LogP contribution in [0.3, 0.4) is 0 Å². The molecule has 0 fully saturated rings. The van der Waals surface area contributed by atoms with Crippen molar-refractivity contribution in [2.75, 3.05) is 5.32 Å². The molecule has 0 radical (unpaired) electrons. The van der Waals surface area contributed by atoms with Crippen LogP contribution in [-0.4, -0.2) is 11.1 Å². The van der Waals surface area contributed by atoms with Gasteiger partial charge in [-0.2, -0.15) is 0 Å². The molecule has 0 aliphatic heterocycles. The Morgan fingerprint density at radius 3 is 2.52 bits per heavy atom. The van der Waals surface area contributed by atoms with E-state index in [1.165, 1.54) is 18.2 Å². The van der Waals surface area contributed by atoms with Gasteiger partial charge in [-0.15, -0.1) is 0 Å². The summed E-state index contributed by atoms with van der Waals surface area (Å²) < 4.78 is 27.0. The lowest BCUT2D eigenvalue weighted by molar-refractivity contribution is 0.0696. The molecule has 3 nitrogen and oxygen atoms in total. The molecule has 0 saturated heterocycles. The molecule has 2 aromatic carbocycles.